The quantitative estimate of drug-likeness (QED) is 0.367. The summed E-state index contributed by atoms with van der Waals surface area (Å²) in [7, 11) is 0. The summed E-state index contributed by atoms with van der Waals surface area (Å²) in [6.07, 6.45) is 5.06. The van der Waals surface area contributed by atoms with Crippen LogP contribution in [0, 0.1) is 17.0 Å². The number of benzene rings is 2. The predicted molar refractivity (Wildman–Crippen MR) is 137 cm³/mol. The minimum atomic E-state index is -1.01. The number of nitrogens with zero attached hydrogens (tertiary/aromatic N) is 2. The molecule has 0 aliphatic heterocycles. The molecule has 36 heavy (non-hydrogen) atoms. The Hall–Kier alpha value is -2.81. The van der Waals surface area contributed by atoms with Crippen LogP contribution in [0.5, 0.6) is 0 Å². The van der Waals surface area contributed by atoms with E-state index in [1.807, 2.05) is 16.8 Å². The summed E-state index contributed by atoms with van der Waals surface area (Å²) >= 11 is 6.69. The zero-order chi connectivity index (χ0) is 26.5. The number of aliphatic hydroxyl groups excluding tert-OH is 1. The Bertz CT molecular complexity index is 1160. The second-order valence-electron chi connectivity index (χ2n) is 10.3. The fourth-order valence-corrected chi connectivity index (χ4v) is 4.63. The molecule has 0 saturated heterocycles. The number of imidazole rings is 1. The van der Waals surface area contributed by atoms with Crippen molar-refractivity contribution in [3.63, 3.8) is 0 Å². The molecule has 194 valence electrons. The number of carbonyl (C=O) groups is 1. The topological polar surface area (TPSA) is 79.2 Å². The fraction of sp³-hybridized carbons (Fsp3) is 0.407. The van der Waals surface area contributed by atoms with E-state index in [-0.39, 0.29) is 24.3 Å². The van der Waals surface area contributed by atoms with E-state index in [1.54, 1.807) is 12.5 Å². The summed E-state index contributed by atoms with van der Waals surface area (Å²) in [5.74, 6) is -1.77. The Kier molecular flexibility index (Phi) is 9.22. The molecule has 0 bridgehead atoms. The van der Waals surface area contributed by atoms with Crippen LogP contribution in [0.3, 0.4) is 0 Å². The first-order valence-electron chi connectivity index (χ1n) is 11.8. The third-order valence-corrected chi connectivity index (χ3v) is 5.89. The van der Waals surface area contributed by atoms with E-state index >= 15 is 0 Å². The standard InChI is InChI=1S/C27H33ClF2N4O2/c1-17(35)33-24(11-18-8-21(29)12-22(30)9-18)25(36)15-32-14-20-7-19(13-27(2,3)4)10-23(28)26(20)34-6-5-31-16-34/h5-10,12,16,24-25,32,36H,11,13-15H2,1-4H3,(H,33,35). The lowest BCUT2D eigenvalue weighted by Gasteiger charge is -2.25. The van der Waals surface area contributed by atoms with Gasteiger partial charge in [-0.1, -0.05) is 38.4 Å². The molecule has 9 heteroatoms. The molecule has 0 spiro atoms. The predicted octanol–water partition coefficient (Wildman–Crippen LogP) is 4.59. The second kappa shape index (κ2) is 12.0. The average Bonchev–Trinajstić information content (AvgIpc) is 3.25. The highest BCUT2D eigenvalue weighted by Crippen LogP contribution is 2.30. The Morgan fingerprint density at radius 2 is 1.83 bits per heavy atom. The summed E-state index contributed by atoms with van der Waals surface area (Å²) < 4.78 is 29.1. The van der Waals surface area contributed by atoms with Gasteiger partial charge in [-0.3, -0.25) is 4.79 Å². The number of rotatable bonds is 10. The van der Waals surface area contributed by atoms with Crippen molar-refractivity contribution in [1.29, 1.82) is 0 Å². The molecule has 0 saturated carbocycles. The monoisotopic (exact) mass is 518 g/mol. The third kappa shape index (κ3) is 8.11. The van der Waals surface area contributed by atoms with Crippen molar-refractivity contribution < 1.29 is 18.7 Å². The van der Waals surface area contributed by atoms with Crippen molar-refractivity contribution >= 4 is 17.5 Å². The average molecular weight is 519 g/mol. The fourth-order valence-electron chi connectivity index (χ4n) is 4.27. The number of aromatic nitrogens is 2. The largest absolute Gasteiger partial charge is 0.390 e. The first-order chi connectivity index (χ1) is 16.9. The summed E-state index contributed by atoms with van der Waals surface area (Å²) in [5, 5.41) is 17.4. The van der Waals surface area contributed by atoms with Gasteiger partial charge in [0.05, 0.1) is 29.2 Å². The van der Waals surface area contributed by atoms with Gasteiger partial charge in [0, 0.05) is 38.5 Å². The van der Waals surface area contributed by atoms with Gasteiger partial charge in [-0.25, -0.2) is 13.8 Å². The first-order valence-corrected chi connectivity index (χ1v) is 12.2. The van der Waals surface area contributed by atoms with E-state index in [4.69, 9.17) is 11.6 Å². The van der Waals surface area contributed by atoms with Crippen LogP contribution in [0.4, 0.5) is 8.78 Å². The maximum Gasteiger partial charge on any atom is 0.217 e. The molecule has 3 rings (SSSR count). The van der Waals surface area contributed by atoms with Gasteiger partial charge in [0.1, 0.15) is 11.6 Å². The minimum absolute atomic E-state index is 0.0721. The van der Waals surface area contributed by atoms with Crippen molar-refractivity contribution in [3.05, 3.63) is 82.4 Å². The lowest BCUT2D eigenvalue weighted by atomic mass is 9.87. The SMILES string of the molecule is CC(=O)NC(Cc1cc(F)cc(F)c1)C(O)CNCc1cc(CC(C)(C)C)cc(Cl)c1-n1ccnc1. The second-order valence-corrected chi connectivity index (χ2v) is 10.7. The van der Waals surface area contributed by atoms with E-state index in [2.05, 4.69) is 42.5 Å². The van der Waals surface area contributed by atoms with Crippen LogP contribution in [0.25, 0.3) is 5.69 Å². The van der Waals surface area contributed by atoms with Crippen molar-refractivity contribution in [3.8, 4) is 5.69 Å². The van der Waals surface area contributed by atoms with Crippen molar-refractivity contribution in [2.24, 2.45) is 5.41 Å². The van der Waals surface area contributed by atoms with E-state index in [0.29, 0.717) is 17.1 Å². The highest BCUT2D eigenvalue weighted by molar-refractivity contribution is 6.32. The number of hydrogen-bond acceptors (Lipinski definition) is 4. The highest BCUT2D eigenvalue weighted by Gasteiger charge is 2.22. The van der Waals surface area contributed by atoms with E-state index < -0.39 is 23.8 Å². The van der Waals surface area contributed by atoms with Crippen LogP contribution < -0.4 is 10.6 Å². The maximum absolute atomic E-state index is 13.6. The van der Waals surface area contributed by atoms with Gasteiger partial charge in [-0.15, -0.1) is 0 Å². The first kappa shape index (κ1) is 27.8. The molecule has 1 amide bonds. The van der Waals surface area contributed by atoms with E-state index in [1.165, 1.54) is 19.1 Å². The van der Waals surface area contributed by atoms with Crippen molar-refractivity contribution in [2.45, 2.75) is 59.2 Å². The van der Waals surface area contributed by atoms with Gasteiger partial charge in [-0.05, 0) is 53.1 Å². The lowest BCUT2D eigenvalue weighted by Crippen LogP contribution is -2.48. The number of amides is 1. The Balaban J connectivity index is 1.77. The number of carbonyl (C=O) groups excluding carboxylic acids is 1. The van der Waals surface area contributed by atoms with Crippen molar-refractivity contribution in [1.82, 2.24) is 20.2 Å². The minimum Gasteiger partial charge on any atom is -0.390 e. The zero-order valence-electron chi connectivity index (χ0n) is 21.0. The number of halogens is 3. The molecule has 0 fully saturated rings. The third-order valence-electron chi connectivity index (χ3n) is 5.60. The molecule has 1 heterocycles. The van der Waals surface area contributed by atoms with E-state index in [9.17, 15) is 18.7 Å². The maximum atomic E-state index is 13.6. The smallest absolute Gasteiger partial charge is 0.217 e. The van der Waals surface area contributed by atoms with Gasteiger partial charge < -0.3 is 20.3 Å². The molecule has 3 N–H and O–H groups in total. The zero-order valence-corrected chi connectivity index (χ0v) is 21.7. The molecule has 2 aromatic carbocycles. The van der Waals surface area contributed by atoms with E-state index in [0.717, 1.165) is 29.3 Å². The Morgan fingerprint density at radius 3 is 2.42 bits per heavy atom. The van der Waals surface area contributed by atoms with Gasteiger partial charge in [0.15, 0.2) is 0 Å². The normalized spacial score (nSPS) is 13.4. The van der Waals surface area contributed by atoms with Crippen LogP contribution in [0.1, 0.15) is 44.4 Å². The molecule has 0 aliphatic carbocycles. The van der Waals surface area contributed by atoms with Crippen molar-refractivity contribution in [2.75, 3.05) is 6.54 Å². The molecule has 0 aliphatic rings. The van der Waals surface area contributed by atoms with Gasteiger partial charge in [-0.2, -0.15) is 0 Å². The summed E-state index contributed by atoms with van der Waals surface area (Å²) in [4.78, 5) is 15.9. The summed E-state index contributed by atoms with van der Waals surface area (Å²) in [6, 6.07) is 6.49. The van der Waals surface area contributed by atoms with Crippen LogP contribution in [0.15, 0.2) is 49.1 Å². The number of nitrogens with one attached hydrogen (secondary N) is 2. The number of aliphatic hydroxyl groups is 1. The van der Waals surface area contributed by atoms with Gasteiger partial charge in [0.2, 0.25) is 5.91 Å². The van der Waals surface area contributed by atoms with Crippen LogP contribution in [-0.4, -0.2) is 39.3 Å². The van der Waals surface area contributed by atoms with Gasteiger partial charge in [0.25, 0.3) is 0 Å². The molecule has 1 aromatic heterocycles. The summed E-state index contributed by atoms with van der Waals surface area (Å²) in [6.45, 7) is 8.33. The van der Waals surface area contributed by atoms with Crippen LogP contribution in [0.2, 0.25) is 5.02 Å². The highest BCUT2D eigenvalue weighted by atomic mass is 35.5. The molecule has 6 nitrogen and oxygen atoms in total. The molecule has 0 radical (unpaired) electrons. The van der Waals surface area contributed by atoms with Crippen LogP contribution in [-0.2, 0) is 24.2 Å². The Morgan fingerprint density at radius 1 is 1.14 bits per heavy atom. The van der Waals surface area contributed by atoms with Crippen LogP contribution >= 0.6 is 11.6 Å². The lowest BCUT2D eigenvalue weighted by molar-refractivity contribution is -0.120. The molecule has 2 atom stereocenters. The summed E-state index contributed by atoms with van der Waals surface area (Å²) in [5.41, 5.74) is 3.23. The number of hydrogen-bond donors (Lipinski definition) is 3. The molecular formula is C27H33ClF2N4O2. The van der Waals surface area contributed by atoms with Gasteiger partial charge >= 0.3 is 0 Å². The Labute approximate surface area is 215 Å². The molecule has 2 unspecified atom stereocenters. The molecular weight excluding hydrogens is 486 g/mol. The molecule has 3 aromatic rings.